The van der Waals surface area contributed by atoms with E-state index in [0.717, 1.165) is 50.8 Å². The lowest BCUT2D eigenvalue weighted by molar-refractivity contribution is -0.141. The lowest BCUT2D eigenvalue weighted by atomic mass is 10.2. The van der Waals surface area contributed by atoms with E-state index in [1.165, 1.54) is 0 Å². The maximum Gasteiger partial charge on any atom is 0.251 e. The van der Waals surface area contributed by atoms with Crippen LogP contribution in [0.2, 0.25) is 0 Å². The average Bonchev–Trinajstić information content (AvgIpc) is 3.11. The maximum absolute atomic E-state index is 12.2. The van der Waals surface area contributed by atoms with Crippen molar-refractivity contribution in [2.75, 3.05) is 37.7 Å². The quantitative estimate of drug-likeness (QED) is 0.801. The first-order chi connectivity index (χ1) is 8.84. The van der Waals surface area contributed by atoms with Gasteiger partial charge in [-0.2, -0.15) is 0 Å². The molecule has 1 unspecified atom stereocenters. The number of thiazole rings is 1. The van der Waals surface area contributed by atoms with E-state index in [9.17, 15) is 4.79 Å². The second kappa shape index (κ2) is 5.24. The van der Waals surface area contributed by atoms with Crippen LogP contribution in [0, 0.1) is 0 Å². The summed E-state index contributed by atoms with van der Waals surface area (Å²) in [5.41, 5.74) is 0. The molecule has 1 aromatic rings. The fourth-order valence-electron chi connectivity index (χ4n) is 2.47. The van der Waals surface area contributed by atoms with Crippen LogP contribution < -0.4 is 4.90 Å². The standard InChI is InChI=1S/C12H17N3O2S/c16-11(10-2-1-8-17-10)14-4-6-15(7-5-14)12-13-3-9-18-12/h3,9-10H,1-2,4-8H2. The molecule has 2 fully saturated rings. The van der Waals surface area contributed by atoms with E-state index in [2.05, 4.69) is 9.88 Å². The summed E-state index contributed by atoms with van der Waals surface area (Å²) in [6.07, 6.45) is 3.53. The molecule has 3 rings (SSSR count). The lowest BCUT2D eigenvalue weighted by Crippen LogP contribution is -2.51. The number of ether oxygens (including phenoxy) is 1. The van der Waals surface area contributed by atoms with E-state index < -0.39 is 0 Å². The van der Waals surface area contributed by atoms with Crippen LogP contribution in [0.3, 0.4) is 0 Å². The van der Waals surface area contributed by atoms with Crippen LogP contribution >= 0.6 is 11.3 Å². The van der Waals surface area contributed by atoms with Crippen LogP contribution in [0.15, 0.2) is 11.6 Å². The summed E-state index contributed by atoms with van der Waals surface area (Å²) in [6, 6.07) is 0. The van der Waals surface area contributed by atoms with Gasteiger partial charge < -0.3 is 14.5 Å². The van der Waals surface area contributed by atoms with Crippen molar-refractivity contribution in [1.29, 1.82) is 0 Å². The predicted molar refractivity (Wildman–Crippen MR) is 69.9 cm³/mol. The molecule has 2 aliphatic heterocycles. The zero-order valence-electron chi connectivity index (χ0n) is 10.2. The van der Waals surface area contributed by atoms with Gasteiger partial charge in [-0.3, -0.25) is 4.79 Å². The van der Waals surface area contributed by atoms with Gasteiger partial charge >= 0.3 is 0 Å². The Labute approximate surface area is 110 Å². The van der Waals surface area contributed by atoms with E-state index in [4.69, 9.17) is 4.74 Å². The molecule has 0 N–H and O–H groups in total. The van der Waals surface area contributed by atoms with Gasteiger partial charge in [0, 0.05) is 44.4 Å². The number of carbonyl (C=O) groups is 1. The summed E-state index contributed by atoms with van der Waals surface area (Å²) in [6.45, 7) is 4.02. The van der Waals surface area contributed by atoms with E-state index in [1.54, 1.807) is 11.3 Å². The fourth-order valence-corrected chi connectivity index (χ4v) is 3.16. The van der Waals surface area contributed by atoms with Crippen LogP contribution in [0.25, 0.3) is 0 Å². The number of rotatable bonds is 2. The Balaban J connectivity index is 1.55. The molecule has 2 saturated heterocycles. The van der Waals surface area contributed by atoms with Gasteiger partial charge in [-0.25, -0.2) is 4.98 Å². The van der Waals surface area contributed by atoms with Crippen molar-refractivity contribution in [2.45, 2.75) is 18.9 Å². The molecule has 2 aliphatic rings. The van der Waals surface area contributed by atoms with Crippen LogP contribution in [0.1, 0.15) is 12.8 Å². The first kappa shape index (κ1) is 11.9. The third-order valence-corrected chi connectivity index (χ3v) is 4.32. The Morgan fingerprint density at radius 2 is 2.22 bits per heavy atom. The summed E-state index contributed by atoms with van der Waals surface area (Å²) >= 11 is 1.65. The van der Waals surface area contributed by atoms with Crippen LogP contribution in [0.4, 0.5) is 5.13 Å². The first-order valence-corrected chi connectivity index (χ1v) is 7.27. The highest BCUT2D eigenvalue weighted by molar-refractivity contribution is 7.13. The van der Waals surface area contributed by atoms with Gasteiger partial charge in [0.2, 0.25) is 0 Å². The second-order valence-corrected chi connectivity index (χ2v) is 5.50. The van der Waals surface area contributed by atoms with Crippen LogP contribution in [-0.4, -0.2) is 54.7 Å². The molecule has 0 radical (unpaired) electrons. The first-order valence-electron chi connectivity index (χ1n) is 6.39. The fraction of sp³-hybridized carbons (Fsp3) is 0.667. The monoisotopic (exact) mass is 267 g/mol. The smallest absolute Gasteiger partial charge is 0.251 e. The minimum absolute atomic E-state index is 0.172. The Hall–Kier alpha value is -1.14. The second-order valence-electron chi connectivity index (χ2n) is 4.63. The summed E-state index contributed by atoms with van der Waals surface area (Å²) in [7, 11) is 0. The molecule has 0 saturated carbocycles. The third kappa shape index (κ3) is 2.35. The lowest BCUT2D eigenvalue weighted by Gasteiger charge is -2.35. The summed E-state index contributed by atoms with van der Waals surface area (Å²) in [4.78, 5) is 20.6. The molecule has 0 aliphatic carbocycles. The van der Waals surface area contributed by atoms with Crippen molar-refractivity contribution in [3.63, 3.8) is 0 Å². The SMILES string of the molecule is O=C(C1CCCO1)N1CCN(c2nccs2)CC1. The molecule has 5 nitrogen and oxygen atoms in total. The predicted octanol–water partition coefficient (Wildman–Crippen LogP) is 0.971. The highest BCUT2D eigenvalue weighted by atomic mass is 32.1. The minimum Gasteiger partial charge on any atom is -0.368 e. The zero-order valence-corrected chi connectivity index (χ0v) is 11.1. The topological polar surface area (TPSA) is 45.7 Å². The highest BCUT2D eigenvalue weighted by Crippen LogP contribution is 2.20. The maximum atomic E-state index is 12.2. The van der Waals surface area contributed by atoms with E-state index in [-0.39, 0.29) is 12.0 Å². The molecule has 1 aromatic heterocycles. The molecule has 98 valence electrons. The Bertz CT molecular complexity index is 395. The van der Waals surface area contributed by atoms with Crippen molar-refractivity contribution >= 4 is 22.4 Å². The summed E-state index contributed by atoms with van der Waals surface area (Å²) < 4.78 is 5.45. The normalized spacial score (nSPS) is 24.6. The molecule has 1 amide bonds. The molecule has 0 aromatic carbocycles. The van der Waals surface area contributed by atoms with Gasteiger partial charge in [-0.05, 0) is 12.8 Å². The number of hydrogen-bond acceptors (Lipinski definition) is 5. The number of amides is 1. The van der Waals surface area contributed by atoms with E-state index in [1.807, 2.05) is 16.5 Å². The summed E-state index contributed by atoms with van der Waals surface area (Å²) in [5.74, 6) is 0.172. The molecule has 6 heteroatoms. The van der Waals surface area contributed by atoms with Crippen molar-refractivity contribution in [3.8, 4) is 0 Å². The number of hydrogen-bond donors (Lipinski definition) is 0. The molecular formula is C12H17N3O2S. The zero-order chi connectivity index (χ0) is 12.4. The number of anilines is 1. The summed E-state index contributed by atoms with van der Waals surface area (Å²) in [5, 5.41) is 3.04. The molecule has 0 spiro atoms. The van der Waals surface area contributed by atoms with Crippen molar-refractivity contribution in [3.05, 3.63) is 11.6 Å². The third-order valence-electron chi connectivity index (χ3n) is 3.49. The van der Waals surface area contributed by atoms with Gasteiger partial charge in [0.1, 0.15) is 6.10 Å². The molecule has 1 atom stereocenters. The van der Waals surface area contributed by atoms with Gasteiger partial charge in [0.15, 0.2) is 5.13 Å². The highest BCUT2D eigenvalue weighted by Gasteiger charge is 2.30. The molecular weight excluding hydrogens is 250 g/mol. The van der Waals surface area contributed by atoms with E-state index >= 15 is 0 Å². The Morgan fingerprint density at radius 1 is 1.39 bits per heavy atom. The molecule has 18 heavy (non-hydrogen) atoms. The Kier molecular flexibility index (Phi) is 3.47. The van der Waals surface area contributed by atoms with Crippen molar-refractivity contribution in [1.82, 2.24) is 9.88 Å². The minimum atomic E-state index is -0.184. The van der Waals surface area contributed by atoms with Crippen LogP contribution in [-0.2, 0) is 9.53 Å². The molecule has 0 bridgehead atoms. The average molecular weight is 267 g/mol. The number of piperazine rings is 1. The number of nitrogens with zero attached hydrogens (tertiary/aromatic N) is 3. The van der Waals surface area contributed by atoms with Crippen molar-refractivity contribution < 1.29 is 9.53 Å². The van der Waals surface area contributed by atoms with Gasteiger partial charge in [-0.1, -0.05) is 0 Å². The van der Waals surface area contributed by atoms with E-state index in [0.29, 0.717) is 0 Å². The van der Waals surface area contributed by atoms with Gasteiger partial charge in [0.05, 0.1) is 0 Å². The largest absolute Gasteiger partial charge is 0.368 e. The van der Waals surface area contributed by atoms with Gasteiger partial charge in [-0.15, -0.1) is 11.3 Å². The number of carbonyl (C=O) groups excluding carboxylic acids is 1. The van der Waals surface area contributed by atoms with Gasteiger partial charge in [0.25, 0.3) is 5.91 Å². The Morgan fingerprint density at radius 3 is 2.83 bits per heavy atom. The van der Waals surface area contributed by atoms with Crippen molar-refractivity contribution in [2.24, 2.45) is 0 Å². The molecule has 3 heterocycles. The van der Waals surface area contributed by atoms with Crippen LogP contribution in [0.5, 0.6) is 0 Å². The number of aromatic nitrogens is 1.